The standard InChI is InChI=1S/C32H44N6/c1-24(25-13-17-38(18-14-25)29-9-5-3-6-10-29)35-32-20-28-19-26(11-12-27(28)21-33-32)30-22-34-36(2)31(30)23-37-15-7-4-8-16-37/h11-12,19-22,25,29H,1,3-10,13-18,23H2,2H3,(H,33,35). The molecule has 38 heavy (non-hydrogen) atoms. The van der Waals surface area contributed by atoms with E-state index in [0.29, 0.717) is 5.92 Å². The molecule has 3 fully saturated rings. The van der Waals surface area contributed by atoms with Gasteiger partial charge in [0.1, 0.15) is 5.82 Å². The molecule has 202 valence electrons. The zero-order chi connectivity index (χ0) is 25.9. The zero-order valence-electron chi connectivity index (χ0n) is 23.2. The van der Waals surface area contributed by atoms with Crippen LogP contribution in [0.15, 0.2) is 48.9 Å². The molecule has 6 nitrogen and oxygen atoms in total. The first-order chi connectivity index (χ1) is 18.6. The van der Waals surface area contributed by atoms with Crippen molar-refractivity contribution in [3.8, 4) is 11.1 Å². The summed E-state index contributed by atoms with van der Waals surface area (Å²) in [5, 5.41) is 10.6. The van der Waals surface area contributed by atoms with Gasteiger partial charge >= 0.3 is 0 Å². The third-order valence-corrected chi connectivity index (χ3v) is 9.32. The van der Waals surface area contributed by atoms with Gasteiger partial charge in [-0.2, -0.15) is 5.10 Å². The first-order valence-electron chi connectivity index (χ1n) is 15.0. The molecule has 0 bridgehead atoms. The topological polar surface area (TPSA) is 49.2 Å². The van der Waals surface area contributed by atoms with E-state index in [1.54, 1.807) is 0 Å². The van der Waals surface area contributed by atoms with Gasteiger partial charge in [0.05, 0.1) is 11.9 Å². The van der Waals surface area contributed by atoms with Crippen molar-refractivity contribution in [1.29, 1.82) is 0 Å². The molecule has 0 radical (unpaired) electrons. The Labute approximate surface area is 228 Å². The number of nitrogens with zero attached hydrogens (tertiary/aromatic N) is 5. The van der Waals surface area contributed by atoms with Gasteiger partial charge in [0.15, 0.2) is 0 Å². The lowest BCUT2D eigenvalue weighted by Gasteiger charge is -2.39. The summed E-state index contributed by atoms with van der Waals surface area (Å²) in [6.07, 6.45) is 17.4. The Morgan fingerprint density at radius 3 is 2.45 bits per heavy atom. The average Bonchev–Trinajstić information content (AvgIpc) is 3.33. The predicted molar refractivity (Wildman–Crippen MR) is 157 cm³/mol. The number of aromatic nitrogens is 3. The minimum atomic E-state index is 0.520. The maximum Gasteiger partial charge on any atom is 0.130 e. The van der Waals surface area contributed by atoms with Crippen LogP contribution >= 0.6 is 0 Å². The number of hydrogen-bond donors (Lipinski definition) is 1. The molecule has 0 atom stereocenters. The number of likely N-dealkylation sites (tertiary alicyclic amines) is 2. The summed E-state index contributed by atoms with van der Waals surface area (Å²) in [6.45, 7) is 10.2. The first-order valence-corrected chi connectivity index (χ1v) is 15.0. The Balaban J connectivity index is 1.13. The molecule has 2 saturated heterocycles. The lowest BCUT2D eigenvalue weighted by Crippen LogP contribution is -2.42. The minimum Gasteiger partial charge on any atom is -0.344 e. The van der Waals surface area contributed by atoms with Crippen LogP contribution in [-0.2, 0) is 13.6 Å². The van der Waals surface area contributed by atoms with E-state index in [2.05, 4.69) is 62.8 Å². The summed E-state index contributed by atoms with van der Waals surface area (Å²) in [7, 11) is 2.07. The van der Waals surface area contributed by atoms with Crippen LogP contribution in [-0.4, -0.2) is 56.8 Å². The van der Waals surface area contributed by atoms with E-state index >= 15 is 0 Å². The van der Waals surface area contributed by atoms with Crippen LogP contribution in [0.25, 0.3) is 21.9 Å². The van der Waals surface area contributed by atoms with Crippen molar-refractivity contribution < 1.29 is 0 Å². The van der Waals surface area contributed by atoms with E-state index in [4.69, 9.17) is 4.98 Å². The molecule has 3 aliphatic rings. The largest absolute Gasteiger partial charge is 0.344 e. The molecule has 1 aromatic carbocycles. The van der Waals surface area contributed by atoms with Crippen molar-refractivity contribution in [3.63, 3.8) is 0 Å². The summed E-state index contributed by atoms with van der Waals surface area (Å²) in [4.78, 5) is 10.0. The molecule has 4 heterocycles. The number of hydrogen-bond acceptors (Lipinski definition) is 5. The smallest absolute Gasteiger partial charge is 0.130 e. The van der Waals surface area contributed by atoms with E-state index in [-0.39, 0.29) is 0 Å². The van der Waals surface area contributed by atoms with Crippen LogP contribution in [0.1, 0.15) is 69.9 Å². The Bertz CT molecular complexity index is 1240. The van der Waals surface area contributed by atoms with Crippen molar-refractivity contribution >= 4 is 16.6 Å². The number of allylic oxidation sites excluding steroid dienone is 1. The molecule has 6 heteroatoms. The van der Waals surface area contributed by atoms with Crippen molar-refractivity contribution in [2.75, 3.05) is 31.5 Å². The Hall–Kier alpha value is -2.70. The highest BCUT2D eigenvalue weighted by molar-refractivity contribution is 5.88. The third kappa shape index (κ3) is 5.67. The highest BCUT2D eigenvalue weighted by Crippen LogP contribution is 2.32. The van der Waals surface area contributed by atoms with E-state index in [9.17, 15) is 0 Å². The summed E-state index contributed by atoms with van der Waals surface area (Å²) in [6, 6.07) is 9.70. The van der Waals surface area contributed by atoms with E-state index in [1.165, 1.54) is 113 Å². The normalized spacial score (nSPS) is 20.7. The fourth-order valence-corrected chi connectivity index (χ4v) is 6.92. The predicted octanol–water partition coefficient (Wildman–Crippen LogP) is 6.59. The highest BCUT2D eigenvalue weighted by atomic mass is 15.3. The van der Waals surface area contributed by atoms with Gasteiger partial charge in [-0.05, 0) is 87.8 Å². The fourth-order valence-electron chi connectivity index (χ4n) is 6.92. The Kier molecular flexibility index (Phi) is 7.80. The lowest BCUT2D eigenvalue weighted by molar-refractivity contribution is 0.115. The van der Waals surface area contributed by atoms with Crippen LogP contribution in [0.4, 0.5) is 5.82 Å². The van der Waals surface area contributed by atoms with Gasteiger partial charge in [-0.15, -0.1) is 0 Å². The third-order valence-electron chi connectivity index (χ3n) is 9.32. The highest BCUT2D eigenvalue weighted by Gasteiger charge is 2.27. The number of fused-ring (bicyclic) bond motifs is 1. The van der Waals surface area contributed by atoms with Gasteiger partial charge in [0.2, 0.25) is 0 Å². The van der Waals surface area contributed by atoms with Crippen LogP contribution in [0, 0.1) is 5.92 Å². The first kappa shape index (κ1) is 25.6. The molecular weight excluding hydrogens is 468 g/mol. The summed E-state index contributed by atoms with van der Waals surface area (Å²) in [5.41, 5.74) is 4.88. The molecule has 1 N–H and O–H groups in total. The number of nitrogens with one attached hydrogen (secondary N) is 1. The molecule has 1 aliphatic carbocycles. The number of pyridine rings is 1. The molecular formula is C32H44N6. The van der Waals surface area contributed by atoms with Crippen molar-refractivity contribution in [2.45, 2.75) is 76.8 Å². The van der Waals surface area contributed by atoms with Gasteiger partial charge in [0, 0.05) is 48.4 Å². The molecule has 3 aromatic rings. The number of anilines is 1. The SMILES string of the molecule is C=C(Nc1cc2cc(-c3cnn(C)c3CN3CCCCC3)ccc2cn1)C1CCN(C2CCCCC2)CC1. The quantitative estimate of drug-likeness (QED) is 0.387. The van der Waals surface area contributed by atoms with Gasteiger partial charge in [-0.3, -0.25) is 9.58 Å². The number of benzene rings is 1. The van der Waals surface area contributed by atoms with Gasteiger partial charge in [-0.25, -0.2) is 4.98 Å². The maximum absolute atomic E-state index is 4.73. The van der Waals surface area contributed by atoms with Crippen LogP contribution in [0.2, 0.25) is 0 Å². The Morgan fingerprint density at radius 2 is 1.66 bits per heavy atom. The van der Waals surface area contributed by atoms with E-state index in [1.807, 2.05) is 12.4 Å². The molecule has 0 spiro atoms. The zero-order valence-corrected chi connectivity index (χ0v) is 23.2. The lowest BCUT2D eigenvalue weighted by atomic mass is 9.89. The molecule has 2 aromatic heterocycles. The summed E-state index contributed by atoms with van der Waals surface area (Å²) >= 11 is 0. The monoisotopic (exact) mass is 512 g/mol. The molecule has 2 aliphatic heterocycles. The minimum absolute atomic E-state index is 0.520. The number of aryl methyl sites for hydroxylation is 1. The summed E-state index contributed by atoms with van der Waals surface area (Å²) < 4.78 is 2.05. The van der Waals surface area contributed by atoms with Crippen molar-refractivity contribution in [3.05, 3.63) is 54.6 Å². The van der Waals surface area contributed by atoms with Gasteiger partial charge < -0.3 is 10.2 Å². The van der Waals surface area contributed by atoms with E-state index < -0.39 is 0 Å². The average molecular weight is 513 g/mol. The molecule has 0 unspecified atom stereocenters. The van der Waals surface area contributed by atoms with E-state index in [0.717, 1.165) is 29.5 Å². The second-order valence-corrected chi connectivity index (χ2v) is 11.8. The number of rotatable bonds is 7. The Morgan fingerprint density at radius 1 is 0.895 bits per heavy atom. The van der Waals surface area contributed by atoms with Crippen LogP contribution in [0.5, 0.6) is 0 Å². The van der Waals surface area contributed by atoms with Crippen molar-refractivity contribution in [1.82, 2.24) is 24.6 Å². The fraction of sp³-hybridized carbons (Fsp3) is 0.562. The van der Waals surface area contributed by atoms with Crippen molar-refractivity contribution in [2.24, 2.45) is 13.0 Å². The molecule has 6 rings (SSSR count). The molecule has 0 amide bonds. The maximum atomic E-state index is 4.73. The van der Waals surface area contributed by atoms with Gasteiger partial charge in [-0.1, -0.05) is 44.4 Å². The van der Waals surface area contributed by atoms with Crippen LogP contribution < -0.4 is 5.32 Å². The second kappa shape index (κ2) is 11.6. The van der Waals surface area contributed by atoms with Crippen LogP contribution in [0.3, 0.4) is 0 Å². The molecule has 1 saturated carbocycles. The summed E-state index contributed by atoms with van der Waals surface area (Å²) in [5.74, 6) is 1.42. The van der Waals surface area contributed by atoms with Gasteiger partial charge in [0.25, 0.3) is 0 Å². The second-order valence-electron chi connectivity index (χ2n) is 11.8. The number of piperidine rings is 2.